The molecule has 0 saturated carbocycles. The molecule has 0 aliphatic carbocycles. The van der Waals surface area contributed by atoms with E-state index in [0.717, 1.165) is 0 Å². The summed E-state index contributed by atoms with van der Waals surface area (Å²) in [5, 5.41) is 3.95. The summed E-state index contributed by atoms with van der Waals surface area (Å²) < 4.78 is 88.2. The Balaban J connectivity index is 1.39. The zero-order chi connectivity index (χ0) is 27.8. The SMILES string of the molecule is O=C(N1CCC(F)(F)CC1)N1CC(c2ccc(OC(F)(F)F)cc2)CC(c2nc(-c3cccc(F)c3)no2)C1. The van der Waals surface area contributed by atoms with E-state index < -0.39 is 42.9 Å². The minimum atomic E-state index is -4.83. The molecule has 2 amide bonds. The molecule has 0 radical (unpaired) electrons. The van der Waals surface area contributed by atoms with Crippen LogP contribution in [-0.4, -0.2) is 64.4 Å². The number of nitrogens with zero attached hydrogens (tertiary/aromatic N) is 4. The fourth-order valence-corrected chi connectivity index (χ4v) is 4.99. The molecule has 2 aliphatic heterocycles. The number of piperidine rings is 2. The van der Waals surface area contributed by atoms with Gasteiger partial charge in [0, 0.05) is 50.5 Å². The van der Waals surface area contributed by atoms with E-state index in [0.29, 0.717) is 17.5 Å². The summed E-state index contributed by atoms with van der Waals surface area (Å²) in [5.74, 6) is -4.09. The van der Waals surface area contributed by atoms with Gasteiger partial charge in [-0.15, -0.1) is 13.2 Å². The van der Waals surface area contributed by atoms with Gasteiger partial charge in [0.15, 0.2) is 0 Å². The van der Waals surface area contributed by atoms with Gasteiger partial charge in [0.2, 0.25) is 11.7 Å². The van der Waals surface area contributed by atoms with Crippen molar-refractivity contribution >= 4 is 6.03 Å². The van der Waals surface area contributed by atoms with Gasteiger partial charge in [0.25, 0.3) is 5.92 Å². The monoisotopic (exact) mass is 554 g/mol. The lowest BCUT2D eigenvalue weighted by molar-refractivity contribution is -0.274. The number of rotatable bonds is 4. The zero-order valence-electron chi connectivity index (χ0n) is 20.5. The summed E-state index contributed by atoms with van der Waals surface area (Å²) >= 11 is 0. The molecule has 39 heavy (non-hydrogen) atoms. The van der Waals surface area contributed by atoms with E-state index in [-0.39, 0.29) is 49.6 Å². The lowest BCUT2D eigenvalue weighted by Gasteiger charge is -2.41. The Kier molecular flexibility index (Phi) is 7.17. The van der Waals surface area contributed by atoms with Crippen molar-refractivity contribution in [1.82, 2.24) is 19.9 Å². The number of amides is 2. The summed E-state index contributed by atoms with van der Waals surface area (Å²) in [7, 11) is 0. The number of halogens is 6. The first-order valence-electron chi connectivity index (χ1n) is 12.3. The van der Waals surface area contributed by atoms with Crippen LogP contribution in [0.5, 0.6) is 5.75 Å². The van der Waals surface area contributed by atoms with E-state index in [2.05, 4.69) is 14.9 Å². The third kappa shape index (κ3) is 6.45. The quantitative estimate of drug-likeness (QED) is 0.360. The highest BCUT2D eigenvalue weighted by Gasteiger charge is 2.40. The highest BCUT2D eigenvalue weighted by Crippen LogP contribution is 2.38. The molecule has 5 rings (SSSR count). The van der Waals surface area contributed by atoms with Crippen molar-refractivity contribution in [2.75, 3.05) is 26.2 Å². The summed E-state index contributed by atoms with van der Waals surface area (Å²) in [6.45, 7) is 0.200. The summed E-state index contributed by atoms with van der Waals surface area (Å²) in [6.07, 6.45) is -5.27. The van der Waals surface area contributed by atoms with E-state index in [9.17, 15) is 31.1 Å². The highest BCUT2D eigenvalue weighted by atomic mass is 19.4. The molecule has 2 atom stereocenters. The van der Waals surface area contributed by atoms with E-state index in [4.69, 9.17) is 4.52 Å². The number of carbonyl (C=O) groups is 1. The smallest absolute Gasteiger partial charge is 0.406 e. The minimum absolute atomic E-state index is 0.0918. The van der Waals surface area contributed by atoms with Crippen LogP contribution in [0.4, 0.5) is 31.1 Å². The second-order valence-corrected chi connectivity index (χ2v) is 9.74. The molecule has 2 unspecified atom stereocenters. The van der Waals surface area contributed by atoms with Crippen molar-refractivity contribution in [1.29, 1.82) is 0 Å². The van der Waals surface area contributed by atoms with Crippen LogP contribution in [-0.2, 0) is 0 Å². The van der Waals surface area contributed by atoms with Gasteiger partial charge in [-0.2, -0.15) is 4.98 Å². The predicted molar refractivity (Wildman–Crippen MR) is 126 cm³/mol. The topological polar surface area (TPSA) is 71.7 Å². The number of hydrogen-bond donors (Lipinski definition) is 0. The van der Waals surface area contributed by atoms with Crippen LogP contribution in [0, 0.1) is 5.82 Å². The maximum Gasteiger partial charge on any atom is 0.573 e. The molecular formula is C26H24F6N4O3. The summed E-state index contributed by atoms with van der Waals surface area (Å²) in [4.78, 5) is 20.7. The number of alkyl halides is 5. The maximum absolute atomic E-state index is 13.7. The first-order chi connectivity index (χ1) is 18.5. The van der Waals surface area contributed by atoms with Crippen LogP contribution < -0.4 is 4.74 Å². The average molecular weight is 554 g/mol. The number of urea groups is 1. The highest BCUT2D eigenvalue weighted by molar-refractivity contribution is 5.75. The van der Waals surface area contributed by atoms with Crippen LogP contribution >= 0.6 is 0 Å². The Morgan fingerprint density at radius 1 is 1.00 bits per heavy atom. The molecule has 2 aliphatic rings. The van der Waals surface area contributed by atoms with Crippen molar-refractivity contribution in [3.05, 3.63) is 65.8 Å². The Morgan fingerprint density at radius 2 is 1.69 bits per heavy atom. The molecule has 1 aromatic heterocycles. The third-order valence-corrected chi connectivity index (χ3v) is 6.95. The van der Waals surface area contributed by atoms with Gasteiger partial charge in [0.1, 0.15) is 11.6 Å². The van der Waals surface area contributed by atoms with E-state index in [1.54, 1.807) is 6.07 Å². The zero-order valence-corrected chi connectivity index (χ0v) is 20.5. The first-order valence-corrected chi connectivity index (χ1v) is 12.3. The summed E-state index contributed by atoms with van der Waals surface area (Å²) in [5.41, 5.74) is 1.06. The second kappa shape index (κ2) is 10.4. The number of ether oxygens (including phenoxy) is 1. The number of hydrogen-bond acceptors (Lipinski definition) is 5. The Bertz CT molecular complexity index is 1300. The molecular weight excluding hydrogens is 530 g/mol. The second-order valence-electron chi connectivity index (χ2n) is 9.74. The lowest BCUT2D eigenvalue weighted by Crippen LogP contribution is -2.52. The fraction of sp³-hybridized carbons (Fsp3) is 0.423. The predicted octanol–water partition coefficient (Wildman–Crippen LogP) is 6.20. The lowest BCUT2D eigenvalue weighted by atomic mass is 9.84. The number of likely N-dealkylation sites (tertiary alicyclic amines) is 2. The minimum Gasteiger partial charge on any atom is -0.406 e. The molecule has 7 nitrogen and oxygen atoms in total. The molecule has 3 aromatic rings. The number of benzene rings is 2. The van der Waals surface area contributed by atoms with Crippen molar-refractivity contribution in [2.24, 2.45) is 0 Å². The molecule has 3 heterocycles. The van der Waals surface area contributed by atoms with Gasteiger partial charge in [-0.1, -0.05) is 29.4 Å². The standard InChI is InChI=1S/C26H24F6N4O3/c27-20-3-1-2-17(13-20)22-33-23(39-34-22)19-12-18(16-4-6-21(7-5-16)38-26(30,31)32)14-36(15-19)24(37)35-10-8-25(28,29)9-11-35/h1-7,13,18-19H,8-12,14-15H2. The van der Waals surface area contributed by atoms with Gasteiger partial charge >= 0.3 is 12.4 Å². The molecule has 2 saturated heterocycles. The molecule has 13 heteroatoms. The normalized spacial score (nSPS) is 21.6. The van der Waals surface area contributed by atoms with E-state index in [1.165, 1.54) is 52.3 Å². The van der Waals surface area contributed by atoms with Crippen molar-refractivity contribution in [3.8, 4) is 17.1 Å². The molecule has 2 fully saturated rings. The van der Waals surface area contributed by atoms with Crippen molar-refractivity contribution in [3.63, 3.8) is 0 Å². The van der Waals surface area contributed by atoms with Crippen LogP contribution in [0.15, 0.2) is 53.1 Å². The van der Waals surface area contributed by atoms with Gasteiger partial charge in [0.05, 0.1) is 5.92 Å². The van der Waals surface area contributed by atoms with Crippen LogP contribution in [0.1, 0.15) is 42.6 Å². The Labute approximate surface area is 219 Å². The van der Waals surface area contributed by atoms with Crippen LogP contribution in [0.3, 0.4) is 0 Å². The van der Waals surface area contributed by atoms with Crippen LogP contribution in [0.2, 0.25) is 0 Å². The molecule has 0 N–H and O–H groups in total. The van der Waals surface area contributed by atoms with Crippen LogP contribution in [0.25, 0.3) is 11.4 Å². The van der Waals surface area contributed by atoms with E-state index >= 15 is 0 Å². The number of aromatic nitrogens is 2. The van der Waals surface area contributed by atoms with E-state index in [1.807, 2.05) is 0 Å². The molecule has 0 bridgehead atoms. The molecule has 208 valence electrons. The third-order valence-electron chi connectivity index (χ3n) is 6.95. The first kappa shape index (κ1) is 26.8. The maximum atomic E-state index is 13.7. The van der Waals surface area contributed by atoms with Gasteiger partial charge in [-0.05, 0) is 36.2 Å². The van der Waals surface area contributed by atoms with Crippen molar-refractivity contribution in [2.45, 2.75) is 43.4 Å². The number of carbonyl (C=O) groups excluding carboxylic acids is 1. The Morgan fingerprint density at radius 3 is 2.36 bits per heavy atom. The Hall–Kier alpha value is -3.77. The molecule has 2 aromatic carbocycles. The van der Waals surface area contributed by atoms with Gasteiger partial charge in [-0.3, -0.25) is 0 Å². The van der Waals surface area contributed by atoms with Crippen molar-refractivity contribution < 1.29 is 40.4 Å². The average Bonchev–Trinajstić information content (AvgIpc) is 3.38. The molecule has 0 spiro atoms. The largest absolute Gasteiger partial charge is 0.573 e. The fourth-order valence-electron chi connectivity index (χ4n) is 4.99. The van der Waals surface area contributed by atoms with Gasteiger partial charge in [-0.25, -0.2) is 18.0 Å². The summed E-state index contributed by atoms with van der Waals surface area (Å²) in [6, 6.07) is 10.6. The van der Waals surface area contributed by atoms with Gasteiger partial charge < -0.3 is 19.1 Å².